The first-order valence-corrected chi connectivity index (χ1v) is 6.71. The number of ether oxygens (including phenoxy) is 1. The number of rotatable bonds is 7. The average molecular weight is 247 g/mol. The van der Waals surface area contributed by atoms with Crippen LogP contribution in [-0.4, -0.2) is 31.2 Å². The summed E-state index contributed by atoms with van der Waals surface area (Å²) in [6.07, 6.45) is 4.97. The molecule has 1 heterocycles. The van der Waals surface area contributed by atoms with Crippen LogP contribution in [0.4, 0.5) is 0 Å². The quantitative estimate of drug-likeness (QED) is 0.704. The first kappa shape index (κ1) is 13.1. The third kappa shape index (κ3) is 4.30. The van der Waals surface area contributed by atoms with Crippen molar-refractivity contribution in [3.63, 3.8) is 0 Å². The van der Waals surface area contributed by atoms with E-state index in [0.29, 0.717) is 13.2 Å². The van der Waals surface area contributed by atoms with Gasteiger partial charge in [0.25, 0.3) is 10.0 Å². The molecule has 2 N–H and O–H groups in total. The van der Waals surface area contributed by atoms with Crippen molar-refractivity contribution in [1.82, 2.24) is 9.55 Å². The molecule has 0 radical (unpaired) electrons. The van der Waals surface area contributed by atoms with Crippen LogP contribution in [-0.2, 0) is 21.3 Å². The molecule has 1 aromatic heterocycles. The summed E-state index contributed by atoms with van der Waals surface area (Å²) >= 11 is 0. The molecule has 0 spiro atoms. The molecule has 0 saturated heterocycles. The summed E-state index contributed by atoms with van der Waals surface area (Å²) in [5, 5.41) is 4.82. The predicted octanol–water partition coefficient (Wildman–Crippen LogP) is 0.347. The van der Waals surface area contributed by atoms with Gasteiger partial charge in [0.2, 0.25) is 0 Å². The molecule has 0 bridgehead atoms. The number of primary sulfonamides is 1. The van der Waals surface area contributed by atoms with Crippen LogP contribution < -0.4 is 5.14 Å². The maximum absolute atomic E-state index is 10.9. The van der Waals surface area contributed by atoms with Crippen LogP contribution >= 0.6 is 0 Å². The normalized spacial score (nSPS) is 11.9. The van der Waals surface area contributed by atoms with Gasteiger partial charge in [-0.15, -0.1) is 0 Å². The molecule has 0 aliphatic carbocycles. The van der Waals surface area contributed by atoms with E-state index in [1.165, 1.54) is 12.5 Å². The molecule has 6 nitrogen and oxygen atoms in total. The summed E-state index contributed by atoms with van der Waals surface area (Å²) in [6.45, 7) is 3.94. The maximum atomic E-state index is 10.9. The number of hydrogen-bond acceptors (Lipinski definition) is 4. The molecule has 0 aliphatic heterocycles. The Morgan fingerprint density at radius 1 is 1.50 bits per heavy atom. The van der Waals surface area contributed by atoms with Crippen molar-refractivity contribution in [3.8, 4) is 0 Å². The van der Waals surface area contributed by atoms with Gasteiger partial charge in [0.05, 0.1) is 12.9 Å². The molecule has 92 valence electrons. The summed E-state index contributed by atoms with van der Waals surface area (Å²) in [7, 11) is -3.69. The zero-order valence-corrected chi connectivity index (χ0v) is 10.1. The van der Waals surface area contributed by atoms with Crippen molar-refractivity contribution in [2.75, 3.05) is 13.2 Å². The highest BCUT2D eigenvalue weighted by atomic mass is 32.2. The highest BCUT2D eigenvalue weighted by Gasteiger charge is 2.10. The monoisotopic (exact) mass is 247 g/mol. The number of nitrogens with two attached hydrogens (primary N) is 1. The van der Waals surface area contributed by atoms with Crippen LogP contribution in [0, 0.1) is 0 Å². The van der Waals surface area contributed by atoms with Crippen LogP contribution in [0.2, 0.25) is 0 Å². The number of imidazole rings is 1. The summed E-state index contributed by atoms with van der Waals surface area (Å²) < 4.78 is 28.9. The molecule has 0 aliphatic rings. The van der Waals surface area contributed by atoms with Gasteiger partial charge in [-0.3, -0.25) is 0 Å². The number of hydrogen-bond donors (Lipinski definition) is 1. The third-order valence-corrected chi connectivity index (χ3v) is 2.83. The lowest BCUT2D eigenvalue weighted by Gasteiger charge is -2.03. The van der Waals surface area contributed by atoms with Gasteiger partial charge in [-0.25, -0.2) is 18.5 Å². The topological polar surface area (TPSA) is 87.2 Å². The van der Waals surface area contributed by atoms with E-state index in [1.54, 1.807) is 4.57 Å². The van der Waals surface area contributed by atoms with Crippen LogP contribution in [0.25, 0.3) is 0 Å². The lowest BCUT2D eigenvalue weighted by molar-refractivity contribution is 0.123. The second-order valence-electron chi connectivity index (χ2n) is 3.46. The van der Waals surface area contributed by atoms with Gasteiger partial charge in [0.15, 0.2) is 5.03 Å². The van der Waals surface area contributed by atoms with E-state index in [9.17, 15) is 8.42 Å². The maximum Gasteiger partial charge on any atom is 0.257 e. The molecule has 1 aromatic rings. The first-order chi connectivity index (χ1) is 7.54. The highest BCUT2D eigenvalue weighted by molar-refractivity contribution is 7.89. The summed E-state index contributed by atoms with van der Waals surface area (Å²) in [6, 6.07) is 0. The molecule has 0 aromatic carbocycles. The van der Waals surface area contributed by atoms with Crippen LogP contribution in [0.5, 0.6) is 0 Å². The van der Waals surface area contributed by atoms with Crippen LogP contribution in [0.15, 0.2) is 17.6 Å². The van der Waals surface area contributed by atoms with Crippen molar-refractivity contribution >= 4 is 10.0 Å². The van der Waals surface area contributed by atoms with E-state index in [1.807, 2.05) is 0 Å². The molecule has 0 atom stereocenters. The first-order valence-electron chi connectivity index (χ1n) is 5.16. The molecule has 0 amide bonds. The Kier molecular flexibility index (Phi) is 4.91. The minimum atomic E-state index is -3.69. The number of aromatic nitrogens is 2. The third-order valence-electron chi connectivity index (χ3n) is 2.04. The largest absolute Gasteiger partial charge is 0.380 e. The Bertz CT molecular complexity index is 413. The number of nitrogens with zero attached hydrogens (tertiary/aromatic N) is 2. The van der Waals surface area contributed by atoms with Gasteiger partial charge in [-0.2, -0.15) is 0 Å². The SMILES string of the molecule is CCCCOCCn1cnc(S(N)(=O)=O)c1. The fourth-order valence-electron chi connectivity index (χ4n) is 1.13. The van der Waals surface area contributed by atoms with Crippen molar-refractivity contribution < 1.29 is 13.2 Å². The standard InChI is InChI=1S/C9H17N3O3S/c1-2-3-5-15-6-4-12-7-9(11-8-12)16(10,13)14/h7-8H,2-6H2,1H3,(H2,10,13,14). The Balaban J connectivity index is 2.36. The molecule has 0 fully saturated rings. The molecular formula is C9H17N3O3S. The average Bonchev–Trinajstić information content (AvgIpc) is 2.65. The Morgan fingerprint density at radius 2 is 2.25 bits per heavy atom. The van der Waals surface area contributed by atoms with Gasteiger partial charge in [-0.05, 0) is 6.42 Å². The fourth-order valence-corrected chi connectivity index (χ4v) is 1.60. The minimum absolute atomic E-state index is 0.110. The summed E-state index contributed by atoms with van der Waals surface area (Å²) in [5.41, 5.74) is 0. The number of unbranched alkanes of at least 4 members (excludes halogenated alkanes) is 1. The van der Waals surface area contributed by atoms with Gasteiger partial charge in [-0.1, -0.05) is 13.3 Å². The lowest BCUT2D eigenvalue weighted by atomic mass is 10.4. The zero-order valence-electron chi connectivity index (χ0n) is 9.30. The molecule has 7 heteroatoms. The molecule has 16 heavy (non-hydrogen) atoms. The van der Waals surface area contributed by atoms with E-state index in [2.05, 4.69) is 11.9 Å². The molecule has 0 saturated carbocycles. The van der Waals surface area contributed by atoms with E-state index in [-0.39, 0.29) is 5.03 Å². The van der Waals surface area contributed by atoms with E-state index in [4.69, 9.17) is 9.88 Å². The zero-order chi connectivity index (χ0) is 12.0. The fraction of sp³-hybridized carbons (Fsp3) is 0.667. The molecule has 0 unspecified atom stereocenters. The van der Waals surface area contributed by atoms with Crippen molar-refractivity contribution in [2.45, 2.75) is 31.3 Å². The predicted molar refractivity (Wildman–Crippen MR) is 59.3 cm³/mol. The van der Waals surface area contributed by atoms with Crippen molar-refractivity contribution in [1.29, 1.82) is 0 Å². The van der Waals surface area contributed by atoms with Gasteiger partial charge < -0.3 is 9.30 Å². The second kappa shape index (κ2) is 5.97. The van der Waals surface area contributed by atoms with E-state index in [0.717, 1.165) is 19.4 Å². The Labute approximate surface area is 95.5 Å². The lowest BCUT2D eigenvalue weighted by Crippen LogP contribution is -2.12. The Hall–Kier alpha value is -0.920. The van der Waals surface area contributed by atoms with E-state index < -0.39 is 10.0 Å². The smallest absolute Gasteiger partial charge is 0.257 e. The van der Waals surface area contributed by atoms with Gasteiger partial charge >= 0.3 is 0 Å². The van der Waals surface area contributed by atoms with Crippen LogP contribution in [0.3, 0.4) is 0 Å². The van der Waals surface area contributed by atoms with Gasteiger partial charge in [0.1, 0.15) is 0 Å². The Morgan fingerprint density at radius 3 is 2.81 bits per heavy atom. The van der Waals surface area contributed by atoms with Gasteiger partial charge in [0, 0.05) is 19.3 Å². The van der Waals surface area contributed by atoms with Crippen LogP contribution in [0.1, 0.15) is 19.8 Å². The van der Waals surface area contributed by atoms with Crippen molar-refractivity contribution in [3.05, 3.63) is 12.5 Å². The summed E-state index contributed by atoms with van der Waals surface area (Å²) in [4.78, 5) is 3.70. The van der Waals surface area contributed by atoms with Crippen molar-refractivity contribution in [2.24, 2.45) is 5.14 Å². The highest BCUT2D eigenvalue weighted by Crippen LogP contribution is 2.02. The van der Waals surface area contributed by atoms with E-state index >= 15 is 0 Å². The second-order valence-corrected chi connectivity index (χ2v) is 4.97. The minimum Gasteiger partial charge on any atom is -0.380 e. The molecule has 1 rings (SSSR count). The number of sulfonamides is 1. The summed E-state index contributed by atoms with van der Waals surface area (Å²) in [5.74, 6) is 0. The molecular weight excluding hydrogens is 230 g/mol.